The maximum absolute atomic E-state index is 13.8. The van der Waals surface area contributed by atoms with E-state index in [2.05, 4.69) is 5.32 Å². The van der Waals surface area contributed by atoms with Gasteiger partial charge in [0.15, 0.2) is 0 Å². The van der Waals surface area contributed by atoms with Gasteiger partial charge in [-0.15, -0.1) is 0 Å². The van der Waals surface area contributed by atoms with Crippen LogP contribution in [0.15, 0.2) is 47.4 Å². The number of halogens is 3. The summed E-state index contributed by atoms with van der Waals surface area (Å²) in [4.78, 5) is 43.5. The number of alkyl halides is 3. The lowest BCUT2D eigenvalue weighted by molar-refractivity contribution is -0.175. The third kappa shape index (κ3) is 6.51. The lowest BCUT2D eigenvalue weighted by atomic mass is 9.65. The van der Waals surface area contributed by atoms with E-state index in [4.69, 9.17) is 0 Å². The first-order chi connectivity index (χ1) is 20.5. The van der Waals surface area contributed by atoms with Gasteiger partial charge in [-0.3, -0.25) is 14.4 Å². The van der Waals surface area contributed by atoms with E-state index in [0.717, 1.165) is 18.4 Å². The Bertz CT molecular complexity index is 1370. The lowest BCUT2D eigenvalue weighted by Crippen LogP contribution is -2.62. The van der Waals surface area contributed by atoms with Gasteiger partial charge in [0.05, 0.1) is 36.7 Å². The molecule has 2 aliphatic heterocycles. The van der Waals surface area contributed by atoms with Crippen molar-refractivity contribution in [3.05, 3.63) is 58.5 Å². The smallest absolute Gasteiger partial charge is 0.389 e. The maximum atomic E-state index is 13.8. The van der Waals surface area contributed by atoms with Gasteiger partial charge in [-0.25, -0.2) is 0 Å². The van der Waals surface area contributed by atoms with Gasteiger partial charge in [-0.2, -0.15) is 13.2 Å². The first-order valence-corrected chi connectivity index (χ1v) is 14.9. The van der Waals surface area contributed by atoms with Crippen LogP contribution < -0.4 is 10.9 Å². The summed E-state index contributed by atoms with van der Waals surface area (Å²) in [7, 11) is 0. The molecule has 2 atom stereocenters. The second kappa shape index (κ2) is 12.4. The normalized spacial score (nSPS) is 23.0. The van der Waals surface area contributed by atoms with Crippen molar-refractivity contribution in [1.29, 1.82) is 0 Å². The molecule has 3 fully saturated rings. The van der Waals surface area contributed by atoms with E-state index in [-0.39, 0.29) is 37.5 Å². The number of carbonyl (C=O) groups excluding carboxylic acids is 2. The van der Waals surface area contributed by atoms with Gasteiger partial charge in [0.2, 0.25) is 5.91 Å². The molecule has 9 nitrogen and oxygen atoms in total. The minimum absolute atomic E-state index is 0.00510. The molecule has 0 bridgehead atoms. The Morgan fingerprint density at radius 3 is 2.30 bits per heavy atom. The molecule has 1 unspecified atom stereocenters. The number of amides is 2. The molecule has 0 radical (unpaired) electrons. The minimum atomic E-state index is -4.60. The molecule has 2 amide bonds. The fraction of sp³-hybridized carbons (Fsp3) is 0.581. The van der Waals surface area contributed by atoms with E-state index in [0.29, 0.717) is 50.1 Å². The topological polar surface area (TPSA) is 115 Å². The summed E-state index contributed by atoms with van der Waals surface area (Å²) in [6, 6.07) is 10.6. The van der Waals surface area contributed by atoms with Crippen LogP contribution in [0.5, 0.6) is 0 Å². The Kier molecular flexibility index (Phi) is 9.01. The number of aromatic nitrogens is 1. The molecule has 5 rings (SSSR count). The molecule has 12 heteroatoms. The van der Waals surface area contributed by atoms with Crippen molar-refractivity contribution >= 4 is 11.8 Å². The molecule has 2 aromatic rings. The van der Waals surface area contributed by atoms with Crippen LogP contribution in [0.3, 0.4) is 0 Å². The molecule has 1 saturated carbocycles. The lowest BCUT2D eigenvalue weighted by Gasteiger charge is -2.52. The number of hydrogen-bond acceptors (Lipinski definition) is 6. The zero-order valence-electron chi connectivity index (χ0n) is 24.1. The van der Waals surface area contributed by atoms with Crippen molar-refractivity contribution in [2.45, 2.75) is 56.8 Å². The molecule has 2 saturated heterocycles. The number of carbonyl (C=O) groups is 2. The number of pyridine rings is 1. The van der Waals surface area contributed by atoms with Gasteiger partial charge in [-0.05, 0) is 24.8 Å². The largest absolute Gasteiger partial charge is 0.396 e. The van der Waals surface area contributed by atoms with Crippen LogP contribution >= 0.6 is 0 Å². The highest BCUT2D eigenvalue weighted by molar-refractivity contribution is 6.00. The molecule has 3 N–H and O–H groups in total. The van der Waals surface area contributed by atoms with Gasteiger partial charge in [-0.1, -0.05) is 43.2 Å². The van der Waals surface area contributed by atoms with Crippen LogP contribution in [-0.2, 0) is 11.3 Å². The number of nitrogens with zero attached hydrogens (tertiary/aromatic N) is 3. The maximum Gasteiger partial charge on any atom is 0.389 e. The predicted octanol–water partition coefficient (Wildman–Crippen LogP) is 2.65. The summed E-state index contributed by atoms with van der Waals surface area (Å²) in [5, 5.41) is 25.0. The van der Waals surface area contributed by atoms with Crippen molar-refractivity contribution in [1.82, 2.24) is 19.7 Å². The quantitative estimate of drug-likeness (QED) is 0.448. The Balaban J connectivity index is 1.47. The molecule has 3 aliphatic rings. The fourth-order valence-electron chi connectivity index (χ4n) is 7.10. The molecule has 43 heavy (non-hydrogen) atoms. The van der Waals surface area contributed by atoms with E-state index in [9.17, 15) is 37.8 Å². The number of piperidine rings is 1. The van der Waals surface area contributed by atoms with Gasteiger partial charge >= 0.3 is 6.18 Å². The molecule has 1 aliphatic carbocycles. The van der Waals surface area contributed by atoms with E-state index < -0.39 is 42.0 Å². The number of piperazine rings is 1. The first kappa shape index (κ1) is 31.2. The molecule has 234 valence electrons. The molecule has 1 spiro atoms. The summed E-state index contributed by atoms with van der Waals surface area (Å²) in [6.45, 7) is 1.36. The number of aliphatic hydroxyl groups excluding tert-OH is 1. The Labute approximate surface area is 248 Å². The average Bonchev–Trinajstić information content (AvgIpc) is 3.48. The van der Waals surface area contributed by atoms with Crippen LogP contribution in [0.2, 0.25) is 0 Å². The Hall–Kier alpha value is -3.22. The summed E-state index contributed by atoms with van der Waals surface area (Å²) in [6.07, 6.45) is -1.81. The fourth-order valence-corrected chi connectivity index (χ4v) is 7.10. The predicted molar refractivity (Wildman–Crippen MR) is 153 cm³/mol. The van der Waals surface area contributed by atoms with Crippen molar-refractivity contribution in [3.8, 4) is 11.1 Å². The Morgan fingerprint density at radius 2 is 1.67 bits per heavy atom. The van der Waals surface area contributed by atoms with E-state index in [1.165, 1.54) is 21.7 Å². The van der Waals surface area contributed by atoms with E-state index in [1.807, 2.05) is 30.3 Å². The van der Waals surface area contributed by atoms with Crippen molar-refractivity contribution < 1.29 is 33.0 Å². The number of rotatable bonds is 7. The number of benzene rings is 1. The standard InChI is InChI=1S/C31H39F3N4O5/c32-31(33,34)17-23(19-39)27(41)37-13-10-30(43,29(20-37)8-4-5-9-29)21-38-18-25(28(42)36-14-11-35-12-15-36)24(16-26(38)40)22-6-2-1-3-7-22/h1-3,6-7,16,18,23,35,39,43H,4-5,8-15,17,19-21H2/t23?,30-/m1/s1. The number of nitrogens with one attached hydrogen (secondary N) is 1. The van der Waals surface area contributed by atoms with Crippen LogP contribution in [0.4, 0.5) is 13.2 Å². The van der Waals surface area contributed by atoms with Crippen molar-refractivity contribution in [2.24, 2.45) is 11.3 Å². The summed E-state index contributed by atoms with van der Waals surface area (Å²) >= 11 is 0. The second-order valence-electron chi connectivity index (χ2n) is 12.2. The molecule has 3 heterocycles. The number of likely N-dealkylation sites (tertiary alicyclic amines) is 1. The van der Waals surface area contributed by atoms with Gasteiger partial charge in [0.1, 0.15) is 0 Å². The highest BCUT2D eigenvalue weighted by atomic mass is 19.4. The molecule has 1 aromatic carbocycles. The van der Waals surface area contributed by atoms with Gasteiger partial charge in [0.25, 0.3) is 11.5 Å². The third-order valence-corrected chi connectivity index (χ3v) is 9.47. The third-order valence-electron chi connectivity index (χ3n) is 9.47. The molecular formula is C31H39F3N4O5. The number of hydrogen-bond donors (Lipinski definition) is 3. The minimum Gasteiger partial charge on any atom is -0.396 e. The SMILES string of the molecule is O=C(c1cn(C[C@]2(O)CCN(C(=O)C(CO)CC(F)(F)F)CC23CCCC3)c(=O)cc1-c1ccccc1)N1CCNCC1. The molecular weight excluding hydrogens is 565 g/mol. The monoisotopic (exact) mass is 604 g/mol. The molecule has 1 aromatic heterocycles. The van der Waals surface area contributed by atoms with Crippen LogP contribution in [0.25, 0.3) is 11.1 Å². The summed E-state index contributed by atoms with van der Waals surface area (Å²) in [5.41, 5.74) is -1.08. The highest BCUT2D eigenvalue weighted by Gasteiger charge is 2.56. The summed E-state index contributed by atoms with van der Waals surface area (Å²) < 4.78 is 40.6. The van der Waals surface area contributed by atoms with Crippen molar-refractivity contribution in [3.63, 3.8) is 0 Å². The average molecular weight is 605 g/mol. The summed E-state index contributed by atoms with van der Waals surface area (Å²) in [5.74, 6) is -2.59. The van der Waals surface area contributed by atoms with Crippen LogP contribution in [0.1, 0.15) is 48.9 Å². The zero-order valence-corrected chi connectivity index (χ0v) is 24.1. The Morgan fingerprint density at radius 1 is 1.00 bits per heavy atom. The van der Waals surface area contributed by atoms with Crippen molar-refractivity contribution in [2.75, 3.05) is 45.9 Å². The van der Waals surface area contributed by atoms with E-state index >= 15 is 0 Å². The van der Waals surface area contributed by atoms with Gasteiger partial charge in [0, 0.05) is 62.5 Å². The second-order valence-corrected chi connectivity index (χ2v) is 12.2. The van der Waals surface area contributed by atoms with Crippen LogP contribution in [-0.4, -0.2) is 94.0 Å². The highest BCUT2D eigenvalue weighted by Crippen LogP contribution is 2.52. The van der Waals surface area contributed by atoms with E-state index in [1.54, 1.807) is 4.90 Å². The van der Waals surface area contributed by atoms with Gasteiger partial charge < -0.3 is 29.9 Å². The number of aliphatic hydroxyl groups is 2. The zero-order chi connectivity index (χ0) is 30.8. The van der Waals surface area contributed by atoms with Crippen LogP contribution in [0, 0.1) is 11.3 Å². The first-order valence-electron chi connectivity index (χ1n) is 14.9.